The van der Waals surface area contributed by atoms with E-state index in [1.165, 1.54) is 0 Å². The fourth-order valence-electron chi connectivity index (χ4n) is 2.19. The Morgan fingerprint density at radius 3 is 2.73 bits per heavy atom. The monoisotopic (exact) mass is 352 g/mol. The minimum absolute atomic E-state index is 0.170. The number of aryl methyl sites for hydroxylation is 1. The molecule has 6 nitrogen and oxygen atoms in total. The molecular formula is C20H20N2O4. The summed E-state index contributed by atoms with van der Waals surface area (Å²) in [5.74, 6) is -0.152. The molecule has 0 radical (unpaired) electrons. The van der Waals surface area contributed by atoms with Crippen LogP contribution in [0.15, 0.2) is 48.5 Å². The summed E-state index contributed by atoms with van der Waals surface area (Å²) in [6.45, 7) is 2.01. The normalized spacial score (nSPS) is 9.85. The van der Waals surface area contributed by atoms with Crippen LogP contribution in [-0.2, 0) is 14.3 Å². The highest BCUT2D eigenvalue weighted by Crippen LogP contribution is 2.13. The Bertz CT molecular complexity index is 811. The lowest BCUT2D eigenvalue weighted by molar-refractivity contribution is -0.147. The summed E-state index contributed by atoms with van der Waals surface area (Å²) in [5.41, 5.74) is 2.03. The SMILES string of the molecule is Cc1cccc(OCCCC(=O)OCC(=O)Nc2cccc(C#N)c2)c1. The zero-order valence-electron chi connectivity index (χ0n) is 14.5. The second kappa shape index (κ2) is 9.84. The molecule has 134 valence electrons. The molecule has 2 aromatic carbocycles. The van der Waals surface area contributed by atoms with Crippen LogP contribution in [0.5, 0.6) is 5.75 Å². The van der Waals surface area contributed by atoms with Crippen LogP contribution in [0.3, 0.4) is 0 Å². The van der Waals surface area contributed by atoms with Gasteiger partial charge in [0.05, 0.1) is 18.2 Å². The van der Waals surface area contributed by atoms with Gasteiger partial charge in [0.15, 0.2) is 6.61 Å². The van der Waals surface area contributed by atoms with Crippen molar-refractivity contribution in [1.82, 2.24) is 0 Å². The van der Waals surface area contributed by atoms with Gasteiger partial charge >= 0.3 is 5.97 Å². The average molecular weight is 352 g/mol. The lowest BCUT2D eigenvalue weighted by atomic mass is 10.2. The van der Waals surface area contributed by atoms with Crippen molar-refractivity contribution < 1.29 is 19.1 Å². The first-order chi connectivity index (χ1) is 12.6. The Morgan fingerprint density at radius 2 is 1.96 bits per heavy atom. The van der Waals surface area contributed by atoms with E-state index in [2.05, 4.69) is 5.32 Å². The van der Waals surface area contributed by atoms with Gasteiger partial charge in [0.25, 0.3) is 5.91 Å². The van der Waals surface area contributed by atoms with Crippen molar-refractivity contribution in [2.24, 2.45) is 0 Å². The summed E-state index contributed by atoms with van der Waals surface area (Å²) in [7, 11) is 0. The highest BCUT2D eigenvalue weighted by molar-refractivity contribution is 5.92. The van der Waals surface area contributed by atoms with Crippen molar-refractivity contribution in [2.75, 3.05) is 18.5 Å². The minimum Gasteiger partial charge on any atom is -0.494 e. The van der Waals surface area contributed by atoms with Gasteiger partial charge in [0.1, 0.15) is 5.75 Å². The van der Waals surface area contributed by atoms with E-state index in [0.29, 0.717) is 24.3 Å². The van der Waals surface area contributed by atoms with Crippen molar-refractivity contribution in [2.45, 2.75) is 19.8 Å². The van der Waals surface area contributed by atoms with E-state index < -0.39 is 11.9 Å². The first kappa shape index (κ1) is 19.0. The Morgan fingerprint density at radius 1 is 1.15 bits per heavy atom. The van der Waals surface area contributed by atoms with E-state index in [0.717, 1.165) is 11.3 Å². The van der Waals surface area contributed by atoms with Crippen LogP contribution in [0.1, 0.15) is 24.0 Å². The number of hydrogen-bond acceptors (Lipinski definition) is 5. The van der Waals surface area contributed by atoms with E-state index in [1.807, 2.05) is 37.3 Å². The number of nitrogens with one attached hydrogen (secondary N) is 1. The second-order valence-corrected chi connectivity index (χ2v) is 5.67. The average Bonchev–Trinajstić information content (AvgIpc) is 2.64. The summed E-state index contributed by atoms with van der Waals surface area (Å²) < 4.78 is 10.5. The van der Waals surface area contributed by atoms with Gasteiger partial charge in [-0.25, -0.2) is 0 Å². The molecule has 0 unspecified atom stereocenters. The Labute approximate surface area is 152 Å². The van der Waals surface area contributed by atoms with Gasteiger partial charge in [0, 0.05) is 12.1 Å². The predicted octanol–water partition coefficient (Wildman–Crippen LogP) is 3.21. The van der Waals surface area contributed by atoms with Gasteiger partial charge < -0.3 is 14.8 Å². The third-order valence-corrected chi connectivity index (χ3v) is 3.42. The summed E-state index contributed by atoms with van der Waals surface area (Å²) in [4.78, 5) is 23.4. The number of esters is 1. The molecule has 2 aromatic rings. The quantitative estimate of drug-likeness (QED) is 0.582. The van der Waals surface area contributed by atoms with Gasteiger partial charge in [-0.2, -0.15) is 5.26 Å². The number of nitriles is 1. The van der Waals surface area contributed by atoms with E-state index in [-0.39, 0.29) is 13.0 Å². The first-order valence-corrected chi connectivity index (χ1v) is 8.22. The molecule has 6 heteroatoms. The smallest absolute Gasteiger partial charge is 0.306 e. The molecule has 1 N–H and O–H groups in total. The van der Waals surface area contributed by atoms with Gasteiger partial charge in [-0.1, -0.05) is 18.2 Å². The maximum Gasteiger partial charge on any atom is 0.306 e. The van der Waals surface area contributed by atoms with Crippen molar-refractivity contribution in [3.8, 4) is 11.8 Å². The molecule has 0 aliphatic heterocycles. The van der Waals surface area contributed by atoms with Crippen LogP contribution >= 0.6 is 0 Å². The standard InChI is InChI=1S/C20H20N2O4/c1-15-5-2-8-18(11-15)25-10-4-9-20(24)26-14-19(23)22-17-7-3-6-16(12-17)13-21/h2-3,5-8,11-12H,4,9-10,14H2,1H3,(H,22,23). The number of rotatable bonds is 8. The molecular weight excluding hydrogens is 332 g/mol. The molecule has 0 spiro atoms. The zero-order valence-corrected chi connectivity index (χ0v) is 14.5. The number of anilines is 1. The molecule has 0 saturated carbocycles. The maximum atomic E-state index is 11.8. The summed E-state index contributed by atoms with van der Waals surface area (Å²) in [6, 6.07) is 16.1. The van der Waals surface area contributed by atoms with Crippen LogP contribution in [0, 0.1) is 18.3 Å². The topological polar surface area (TPSA) is 88.4 Å². The van der Waals surface area contributed by atoms with Crippen molar-refractivity contribution in [1.29, 1.82) is 5.26 Å². The Balaban J connectivity index is 1.63. The van der Waals surface area contributed by atoms with Crippen molar-refractivity contribution >= 4 is 17.6 Å². The van der Waals surface area contributed by atoms with Crippen LogP contribution in [0.4, 0.5) is 5.69 Å². The highest BCUT2D eigenvalue weighted by atomic mass is 16.5. The summed E-state index contributed by atoms with van der Waals surface area (Å²) >= 11 is 0. The highest BCUT2D eigenvalue weighted by Gasteiger charge is 2.08. The van der Waals surface area contributed by atoms with E-state index in [9.17, 15) is 9.59 Å². The number of benzene rings is 2. The van der Waals surface area contributed by atoms with Crippen LogP contribution in [0.25, 0.3) is 0 Å². The molecule has 0 aromatic heterocycles. The number of carbonyl (C=O) groups is 2. The second-order valence-electron chi connectivity index (χ2n) is 5.67. The minimum atomic E-state index is -0.459. The summed E-state index contributed by atoms with van der Waals surface area (Å²) in [5, 5.41) is 11.4. The number of ether oxygens (including phenoxy) is 2. The maximum absolute atomic E-state index is 11.8. The van der Waals surface area contributed by atoms with E-state index in [1.54, 1.807) is 24.3 Å². The van der Waals surface area contributed by atoms with E-state index in [4.69, 9.17) is 14.7 Å². The first-order valence-electron chi connectivity index (χ1n) is 8.22. The van der Waals surface area contributed by atoms with Crippen molar-refractivity contribution in [3.63, 3.8) is 0 Å². The summed E-state index contributed by atoms with van der Waals surface area (Å²) in [6.07, 6.45) is 0.668. The van der Waals surface area contributed by atoms with Gasteiger partial charge in [-0.05, 0) is 49.2 Å². The van der Waals surface area contributed by atoms with Crippen LogP contribution in [-0.4, -0.2) is 25.1 Å². The van der Waals surface area contributed by atoms with E-state index >= 15 is 0 Å². The molecule has 26 heavy (non-hydrogen) atoms. The van der Waals surface area contributed by atoms with Gasteiger partial charge in [-0.15, -0.1) is 0 Å². The van der Waals surface area contributed by atoms with Crippen LogP contribution < -0.4 is 10.1 Å². The molecule has 0 saturated heterocycles. The molecule has 1 amide bonds. The van der Waals surface area contributed by atoms with Gasteiger partial charge in [0.2, 0.25) is 0 Å². The largest absolute Gasteiger partial charge is 0.494 e. The molecule has 0 atom stereocenters. The van der Waals surface area contributed by atoms with Crippen molar-refractivity contribution in [3.05, 3.63) is 59.7 Å². The fourth-order valence-corrected chi connectivity index (χ4v) is 2.19. The molecule has 0 heterocycles. The molecule has 0 aliphatic carbocycles. The third-order valence-electron chi connectivity index (χ3n) is 3.42. The zero-order chi connectivity index (χ0) is 18.8. The predicted molar refractivity (Wildman–Crippen MR) is 96.7 cm³/mol. The third kappa shape index (κ3) is 6.65. The Kier molecular flexibility index (Phi) is 7.19. The molecule has 0 fully saturated rings. The fraction of sp³-hybridized carbons (Fsp3) is 0.250. The molecule has 0 aliphatic rings. The number of amides is 1. The molecule has 0 bridgehead atoms. The number of carbonyl (C=O) groups excluding carboxylic acids is 2. The number of nitrogens with zero attached hydrogens (tertiary/aromatic N) is 1. The Hall–Kier alpha value is -3.33. The van der Waals surface area contributed by atoms with Crippen LogP contribution in [0.2, 0.25) is 0 Å². The number of hydrogen-bond donors (Lipinski definition) is 1. The lowest BCUT2D eigenvalue weighted by Gasteiger charge is -2.08. The van der Waals surface area contributed by atoms with Gasteiger partial charge in [-0.3, -0.25) is 9.59 Å². The molecule has 2 rings (SSSR count). The lowest BCUT2D eigenvalue weighted by Crippen LogP contribution is -2.21.